The molecule has 0 radical (unpaired) electrons. The molecule has 0 saturated heterocycles. The minimum atomic E-state index is -0.860. The van der Waals surface area contributed by atoms with E-state index in [1.165, 1.54) is 0 Å². The first-order valence-electron chi connectivity index (χ1n) is 6.21. The minimum absolute atomic E-state index is 0.0680. The van der Waals surface area contributed by atoms with Crippen molar-refractivity contribution in [2.24, 2.45) is 11.8 Å². The second kappa shape index (κ2) is 5.74. The molecule has 0 bridgehead atoms. The molecule has 0 aromatic heterocycles. The summed E-state index contributed by atoms with van der Waals surface area (Å²) in [7, 11) is 1.72. The number of aliphatic carboxylic acids is 1. The number of carbonyl (C=O) groups is 2. The van der Waals surface area contributed by atoms with Crippen molar-refractivity contribution in [2.45, 2.75) is 19.4 Å². The fourth-order valence-corrected chi connectivity index (χ4v) is 2.58. The molecule has 19 heavy (non-hydrogen) atoms. The van der Waals surface area contributed by atoms with Crippen molar-refractivity contribution in [1.29, 1.82) is 0 Å². The molecule has 1 aromatic carbocycles. The highest BCUT2D eigenvalue weighted by molar-refractivity contribution is 9.10. The predicted molar refractivity (Wildman–Crippen MR) is 74.5 cm³/mol. The van der Waals surface area contributed by atoms with Crippen LogP contribution in [0.1, 0.15) is 18.4 Å². The van der Waals surface area contributed by atoms with E-state index in [2.05, 4.69) is 15.9 Å². The molecule has 4 nitrogen and oxygen atoms in total. The van der Waals surface area contributed by atoms with Crippen molar-refractivity contribution >= 4 is 27.8 Å². The van der Waals surface area contributed by atoms with Gasteiger partial charge in [-0.15, -0.1) is 0 Å². The molecular formula is C14H16BrNO3. The normalized spacial score (nSPS) is 21.6. The van der Waals surface area contributed by atoms with Crippen LogP contribution in [0.15, 0.2) is 28.7 Å². The summed E-state index contributed by atoms with van der Waals surface area (Å²) in [6, 6.07) is 7.75. The number of halogens is 1. The highest BCUT2D eigenvalue weighted by Gasteiger charge is 2.42. The number of carboxylic acid groups (broad SMARTS) is 1. The van der Waals surface area contributed by atoms with E-state index in [4.69, 9.17) is 5.11 Å². The monoisotopic (exact) mass is 325 g/mol. The summed E-state index contributed by atoms with van der Waals surface area (Å²) in [5, 5.41) is 8.98. The standard InChI is InChI=1S/C14H16BrNO3/c1-16(8-9-2-4-10(15)5-3-9)13(17)11-6-7-12(11)14(18)19/h2-5,11-12H,6-8H2,1H3,(H,18,19). The van der Waals surface area contributed by atoms with Crippen molar-refractivity contribution in [3.8, 4) is 0 Å². The van der Waals surface area contributed by atoms with Crippen LogP contribution in [0.3, 0.4) is 0 Å². The van der Waals surface area contributed by atoms with Gasteiger partial charge < -0.3 is 10.0 Å². The van der Waals surface area contributed by atoms with Gasteiger partial charge in [-0.05, 0) is 30.5 Å². The third-order valence-electron chi connectivity index (χ3n) is 3.62. The lowest BCUT2D eigenvalue weighted by Gasteiger charge is -2.35. The largest absolute Gasteiger partial charge is 0.481 e. The van der Waals surface area contributed by atoms with E-state index < -0.39 is 11.9 Å². The van der Waals surface area contributed by atoms with E-state index >= 15 is 0 Å². The van der Waals surface area contributed by atoms with Crippen LogP contribution in [-0.4, -0.2) is 28.9 Å². The van der Waals surface area contributed by atoms with Crippen molar-refractivity contribution in [1.82, 2.24) is 4.90 Å². The van der Waals surface area contributed by atoms with Gasteiger partial charge in [-0.1, -0.05) is 28.1 Å². The van der Waals surface area contributed by atoms with E-state index in [0.717, 1.165) is 10.0 Å². The molecule has 2 unspecified atom stereocenters. The highest BCUT2D eigenvalue weighted by atomic mass is 79.9. The SMILES string of the molecule is CN(Cc1ccc(Br)cc1)C(=O)C1CCC1C(=O)O. The van der Waals surface area contributed by atoms with Gasteiger partial charge in [-0.25, -0.2) is 0 Å². The molecule has 2 rings (SSSR count). The van der Waals surface area contributed by atoms with Gasteiger partial charge in [0.2, 0.25) is 5.91 Å². The van der Waals surface area contributed by atoms with Gasteiger partial charge in [0.15, 0.2) is 0 Å². The third-order valence-corrected chi connectivity index (χ3v) is 4.15. The summed E-state index contributed by atoms with van der Waals surface area (Å²) in [5.41, 5.74) is 1.03. The van der Waals surface area contributed by atoms with Crippen LogP contribution >= 0.6 is 15.9 Å². The van der Waals surface area contributed by atoms with Gasteiger partial charge in [0, 0.05) is 18.1 Å². The minimum Gasteiger partial charge on any atom is -0.481 e. The zero-order valence-corrected chi connectivity index (χ0v) is 12.3. The zero-order valence-electron chi connectivity index (χ0n) is 10.7. The molecule has 1 aromatic rings. The molecular weight excluding hydrogens is 310 g/mol. The zero-order chi connectivity index (χ0) is 14.0. The van der Waals surface area contributed by atoms with Crippen LogP contribution in [0.4, 0.5) is 0 Å². The fraction of sp³-hybridized carbons (Fsp3) is 0.429. The average Bonchev–Trinajstić information content (AvgIpc) is 2.29. The molecule has 1 fully saturated rings. The summed E-state index contributed by atoms with van der Waals surface area (Å²) >= 11 is 3.36. The van der Waals surface area contributed by atoms with E-state index in [0.29, 0.717) is 19.4 Å². The smallest absolute Gasteiger partial charge is 0.307 e. The molecule has 1 aliphatic rings. The van der Waals surface area contributed by atoms with Gasteiger partial charge in [0.25, 0.3) is 0 Å². The Morgan fingerprint density at radius 2 is 1.84 bits per heavy atom. The van der Waals surface area contributed by atoms with E-state index in [-0.39, 0.29) is 11.8 Å². The molecule has 0 spiro atoms. The number of hydrogen-bond acceptors (Lipinski definition) is 2. The summed E-state index contributed by atoms with van der Waals surface area (Å²) in [6.07, 6.45) is 1.29. The lowest BCUT2D eigenvalue weighted by atomic mass is 9.73. The van der Waals surface area contributed by atoms with Gasteiger partial charge in [-0.2, -0.15) is 0 Å². The van der Waals surface area contributed by atoms with E-state index in [1.807, 2.05) is 24.3 Å². The molecule has 5 heteroatoms. The second-order valence-corrected chi connectivity index (χ2v) is 5.87. The topological polar surface area (TPSA) is 57.6 Å². The van der Waals surface area contributed by atoms with Gasteiger partial charge in [0.1, 0.15) is 0 Å². The number of rotatable bonds is 4. The van der Waals surface area contributed by atoms with Crippen LogP contribution < -0.4 is 0 Å². The van der Waals surface area contributed by atoms with Crippen molar-refractivity contribution in [2.75, 3.05) is 7.05 Å². The molecule has 0 aliphatic heterocycles. The molecule has 1 amide bonds. The molecule has 0 heterocycles. The number of nitrogens with zero attached hydrogens (tertiary/aromatic N) is 1. The lowest BCUT2D eigenvalue weighted by Crippen LogP contribution is -2.44. The Morgan fingerprint density at radius 3 is 2.32 bits per heavy atom. The highest BCUT2D eigenvalue weighted by Crippen LogP contribution is 2.35. The second-order valence-electron chi connectivity index (χ2n) is 4.95. The summed E-state index contributed by atoms with van der Waals surface area (Å²) in [6.45, 7) is 0.509. The van der Waals surface area contributed by atoms with Crippen molar-refractivity contribution < 1.29 is 14.7 Å². The Hall–Kier alpha value is -1.36. The van der Waals surface area contributed by atoms with E-state index in [1.54, 1.807) is 11.9 Å². The Balaban J connectivity index is 1.96. The Bertz CT molecular complexity index is 486. The number of carbonyl (C=O) groups excluding carboxylic acids is 1. The number of benzene rings is 1. The van der Waals surface area contributed by atoms with E-state index in [9.17, 15) is 9.59 Å². The van der Waals surface area contributed by atoms with Crippen LogP contribution in [0.5, 0.6) is 0 Å². The maximum absolute atomic E-state index is 12.2. The Morgan fingerprint density at radius 1 is 1.26 bits per heavy atom. The molecule has 1 saturated carbocycles. The fourth-order valence-electron chi connectivity index (χ4n) is 2.32. The quantitative estimate of drug-likeness (QED) is 0.925. The number of carboxylic acids is 1. The Labute approximate surface area is 120 Å². The van der Waals surface area contributed by atoms with Crippen LogP contribution in [0.2, 0.25) is 0 Å². The summed E-state index contributed by atoms with van der Waals surface area (Å²) in [4.78, 5) is 24.7. The van der Waals surface area contributed by atoms with Crippen LogP contribution in [0, 0.1) is 11.8 Å². The number of amides is 1. The van der Waals surface area contributed by atoms with Gasteiger partial charge in [0.05, 0.1) is 11.8 Å². The lowest BCUT2D eigenvalue weighted by molar-refractivity contribution is -0.156. The third kappa shape index (κ3) is 3.15. The maximum atomic E-state index is 12.2. The molecule has 1 N–H and O–H groups in total. The van der Waals surface area contributed by atoms with Crippen LogP contribution in [-0.2, 0) is 16.1 Å². The predicted octanol–water partition coefficient (Wildman–Crippen LogP) is 2.52. The molecule has 2 atom stereocenters. The van der Waals surface area contributed by atoms with Gasteiger partial charge in [-0.3, -0.25) is 9.59 Å². The van der Waals surface area contributed by atoms with Crippen LogP contribution in [0.25, 0.3) is 0 Å². The number of hydrogen-bond donors (Lipinski definition) is 1. The van der Waals surface area contributed by atoms with Crippen molar-refractivity contribution in [3.05, 3.63) is 34.3 Å². The maximum Gasteiger partial charge on any atom is 0.307 e. The Kier molecular flexibility index (Phi) is 4.24. The first-order valence-corrected chi connectivity index (χ1v) is 7.00. The van der Waals surface area contributed by atoms with Gasteiger partial charge >= 0.3 is 5.97 Å². The molecule has 102 valence electrons. The first kappa shape index (κ1) is 14.1. The van der Waals surface area contributed by atoms with Crippen molar-refractivity contribution in [3.63, 3.8) is 0 Å². The average molecular weight is 326 g/mol. The molecule has 1 aliphatic carbocycles. The summed E-state index contributed by atoms with van der Waals surface area (Å²) < 4.78 is 0.996. The first-order chi connectivity index (χ1) is 8.99. The summed E-state index contributed by atoms with van der Waals surface area (Å²) in [5.74, 6) is -1.78.